The Morgan fingerprint density at radius 1 is 1.44 bits per heavy atom. The fourth-order valence-corrected chi connectivity index (χ4v) is 2.71. The van der Waals surface area contributed by atoms with Gasteiger partial charge >= 0.3 is 0 Å². The Balaban J connectivity index is 2.09. The van der Waals surface area contributed by atoms with Gasteiger partial charge in [0.1, 0.15) is 4.33 Å². The van der Waals surface area contributed by atoms with Crippen LogP contribution in [0, 0.1) is 5.41 Å². The summed E-state index contributed by atoms with van der Waals surface area (Å²) in [5.41, 5.74) is 0.415. The summed E-state index contributed by atoms with van der Waals surface area (Å²) < 4.78 is -0.907. The van der Waals surface area contributed by atoms with E-state index in [1.54, 1.807) is 17.3 Å². The molecule has 1 aliphatic rings. The second-order valence-corrected chi connectivity index (χ2v) is 6.37. The quantitative estimate of drug-likeness (QED) is 0.798. The van der Waals surface area contributed by atoms with Crippen LogP contribution in [0.3, 0.4) is 0 Å². The van der Waals surface area contributed by atoms with Crippen molar-refractivity contribution in [2.75, 3.05) is 6.54 Å². The Morgan fingerprint density at radius 2 is 2.00 bits per heavy atom. The smallest absolute Gasteiger partial charge is 0.231 e. The molecule has 1 atom stereocenters. The predicted molar refractivity (Wildman–Crippen MR) is 72.5 cm³/mol. The number of aromatic nitrogens is 1. The molecule has 1 heterocycles. The number of hydrogen-bond acceptors (Lipinski definition) is 2. The van der Waals surface area contributed by atoms with E-state index in [9.17, 15) is 4.79 Å². The van der Waals surface area contributed by atoms with Gasteiger partial charge in [0.15, 0.2) is 0 Å². The topological polar surface area (TPSA) is 33.2 Å². The van der Waals surface area contributed by atoms with Crippen molar-refractivity contribution >= 4 is 29.1 Å². The van der Waals surface area contributed by atoms with E-state index in [1.165, 1.54) is 0 Å². The number of rotatable bonds is 4. The molecule has 0 aromatic carbocycles. The maximum Gasteiger partial charge on any atom is 0.231 e. The summed E-state index contributed by atoms with van der Waals surface area (Å²) in [5.74, 6) is 0.0202. The molecule has 0 saturated heterocycles. The van der Waals surface area contributed by atoms with Crippen molar-refractivity contribution in [1.29, 1.82) is 0 Å². The van der Waals surface area contributed by atoms with Crippen molar-refractivity contribution in [3.8, 4) is 0 Å². The monoisotopic (exact) mass is 286 g/mol. The molecule has 0 spiro atoms. The van der Waals surface area contributed by atoms with Gasteiger partial charge in [-0.3, -0.25) is 9.78 Å². The van der Waals surface area contributed by atoms with E-state index in [-0.39, 0.29) is 5.91 Å². The van der Waals surface area contributed by atoms with Gasteiger partial charge in [-0.25, -0.2) is 0 Å². The molecule has 5 heteroatoms. The van der Waals surface area contributed by atoms with Crippen LogP contribution in [-0.2, 0) is 11.3 Å². The van der Waals surface area contributed by atoms with Crippen molar-refractivity contribution in [3.05, 3.63) is 30.1 Å². The minimum absolute atomic E-state index is 0.0202. The van der Waals surface area contributed by atoms with Crippen LogP contribution >= 0.6 is 23.2 Å². The minimum atomic E-state index is -0.907. The molecular weight excluding hydrogens is 271 g/mol. The molecule has 1 amide bonds. The summed E-state index contributed by atoms with van der Waals surface area (Å²) in [6.07, 6.45) is 3.97. The molecule has 0 N–H and O–H groups in total. The number of alkyl halides is 2. The van der Waals surface area contributed by atoms with Gasteiger partial charge in [-0.05, 0) is 38.0 Å². The molecule has 1 aromatic rings. The fraction of sp³-hybridized carbons (Fsp3) is 0.538. The van der Waals surface area contributed by atoms with Crippen LogP contribution in [0.5, 0.6) is 0 Å². The molecular formula is C13H16Cl2N2O. The van der Waals surface area contributed by atoms with Gasteiger partial charge in [-0.1, -0.05) is 0 Å². The average molecular weight is 287 g/mol. The SMILES string of the molecule is CCN(Cc1ccncc1)C(=O)C1(C)CC1(Cl)Cl. The third-order valence-corrected chi connectivity index (χ3v) is 4.62. The molecule has 0 bridgehead atoms. The number of carbonyl (C=O) groups is 1. The van der Waals surface area contributed by atoms with Gasteiger partial charge < -0.3 is 4.90 Å². The van der Waals surface area contributed by atoms with E-state index in [1.807, 2.05) is 26.0 Å². The first kappa shape index (κ1) is 13.6. The molecule has 1 saturated carbocycles. The maximum absolute atomic E-state index is 12.4. The Bertz CT molecular complexity index is 450. The van der Waals surface area contributed by atoms with Crippen LogP contribution in [0.1, 0.15) is 25.8 Å². The van der Waals surface area contributed by atoms with Crippen molar-refractivity contribution in [3.63, 3.8) is 0 Å². The third-order valence-electron chi connectivity index (χ3n) is 3.52. The number of amides is 1. The first-order valence-corrected chi connectivity index (χ1v) is 6.72. The normalized spacial score (nSPS) is 24.7. The van der Waals surface area contributed by atoms with Gasteiger partial charge in [0.05, 0.1) is 5.41 Å². The first-order chi connectivity index (χ1) is 8.40. The molecule has 2 rings (SSSR count). The zero-order valence-electron chi connectivity index (χ0n) is 10.5. The van der Waals surface area contributed by atoms with Gasteiger partial charge in [0, 0.05) is 25.5 Å². The minimum Gasteiger partial charge on any atom is -0.338 e. The number of pyridine rings is 1. The zero-order chi connectivity index (χ0) is 13.4. The molecule has 3 nitrogen and oxygen atoms in total. The van der Waals surface area contributed by atoms with E-state index in [0.29, 0.717) is 19.5 Å². The maximum atomic E-state index is 12.4. The number of carbonyl (C=O) groups excluding carboxylic acids is 1. The average Bonchev–Trinajstić information content (AvgIpc) is 2.87. The molecule has 1 aromatic heterocycles. The number of halogens is 2. The summed E-state index contributed by atoms with van der Waals surface area (Å²) >= 11 is 12.1. The number of nitrogens with zero attached hydrogens (tertiary/aromatic N) is 2. The molecule has 98 valence electrons. The molecule has 0 aliphatic heterocycles. The van der Waals surface area contributed by atoms with Crippen LogP contribution < -0.4 is 0 Å². The Kier molecular flexibility index (Phi) is 3.56. The summed E-state index contributed by atoms with van der Waals surface area (Å²) in [7, 11) is 0. The lowest BCUT2D eigenvalue weighted by molar-refractivity contribution is -0.136. The molecule has 18 heavy (non-hydrogen) atoms. The summed E-state index contributed by atoms with van der Waals surface area (Å²) in [5, 5.41) is 0. The van der Waals surface area contributed by atoms with Gasteiger partial charge in [-0.15, -0.1) is 23.2 Å². The predicted octanol–water partition coefficient (Wildman–Crippen LogP) is 3.01. The molecule has 1 aliphatic carbocycles. The van der Waals surface area contributed by atoms with E-state index in [2.05, 4.69) is 4.98 Å². The molecule has 1 unspecified atom stereocenters. The van der Waals surface area contributed by atoms with E-state index in [4.69, 9.17) is 23.2 Å². The lowest BCUT2D eigenvalue weighted by atomic mass is 10.1. The molecule has 1 fully saturated rings. The lowest BCUT2D eigenvalue weighted by Gasteiger charge is -2.25. The largest absolute Gasteiger partial charge is 0.338 e. The van der Waals surface area contributed by atoms with Crippen molar-refractivity contribution < 1.29 is 4.79 Å². The van der Waals surface area contributed by atoms with Crippen LogP contribution in [0.4, 0.5) is 0 Å². The van der Waals surface area contributed by atoms with Crippen molar-refractivity contribution in [1.82, 2.24) is 9.88 Å². The second-order valence-electron chi connectivity index (χ2n) is 4.89. The van der Waals surface area contributed by atoms with Crippen LogP contribution in [0.25, 0.3) is 0 Å². The Labute approximate surface area is 117 Å². The summed E-state index contributed by atoms with van der Waals surface area (Å²) in [4.78, 5) is 18.2. The zero-order valence-corrected chi connectivity index (χ0v) is 12.0. The van der Waals surface area contributed by atoms with Crippen LogP contribution in [0.2, 0.25) is 0 Å². The Morgan fingerprint density at radius 3 is 2.44 bits per heavy atom. The van der Waals surface area contributed by atoms with Gasteiger partial charge in [-0.2, -0.15) is 0 Å². The Hall–Kier alpha value is -0.800. The highest BCUT2D eigenvalue weighted by atomic mass is 35.5. The second kappa shape index (κ2) is 4.71. The van der Waals surface area contributed by atoms with E-state index >= 15 is 0 Å². The first-order valence-electron chi connectivity index (χ1n) is 5.97. The van der Waals surface area contributed by atoms with E-state index < -0.39 is 9.75 Å². The summed E-state index contributed by atoms with van der Waals surface area (Å²) in [6.45, 7) is 4.98. The molecule has 0 radical (unpaired) electrons. The third kappa shape index (κ3) is 2.34. The van der Waals surface area contributed by atoms with Crippen molar-refractivity contribution in [2.24, 2.45) is 5.41 Å². The highest BCUT2D eigenvalue weighted by Gasteiger charge is 2.68. The summed E-state index contributed by atoms with van der Waals surface area (Å²) in [6, 6.07) is 3.81. The van der Waals surface area contributed by atoms with E-state index in [0.717, 1.165) is 5.56 Å². The van der Waals surface area contributed by atoms with Crippen molar-refractivity contribution in [2.45, 2.75) is 31.1 Å². The van der Waals surface area contributed by atoms with Gasteiger partial charge in [0.25, 0.3) is 0 Å². The lowest BCUT2D eigenvalue weighted by Crippen LogP contribution is -2.37. The highest BCUT2D eigenvalue weighted by molar-refractivity contribution is 6.53. The standard InChI is InChI=1S/C13H16Cl2N2O/c1-3-17(8-10-4-6-16-7-5-10)11(18)12(2)9-13(12,14)15/h4-7H,3,8-9H2,1-2H3. The fourth-order valence-electron chi connectivity index (χ4n) is 2.02. The van der Waals surface area contributed by atoms with Gasteiger partial charge in [0.2, 0.25) is 5.91 Å². The number of hydrogen-bond donors (Lipinski definition) is 0. The van der Waals surface area contributed by atoms with Crippen LogP contribution in [0.15, 0.2) is 24.5 Å². The highest BCUT2D eigenvalue weighted by Crippen LogP contribution is 2.64. The van der Waals surface area contributed by atoms with Crippen LogP contribution in [-0.4, -0.2) is 26.7 Å².